The van der Waals surface area contributed by atoms with Gasteiger partial charge in [-0.3, -0.25) is 20.2 Å². The molecule has 2 unspecified atom stereocenters. The van der Waals surface area contributed by atoms with Crippen LogP contribution in [-0.2, 0) is 25.0 Å². The van der Waals surface area contributed by atoms with E-state index < -0.39 is 39.6 Å². The number of rotatable bonds is 6. The molecule has 2 aromatic rings. The fraction of sp³-hybridized carbons (Fsp3) is 0.407. The van der Waals surface area contributed by atoms with Crippen LogP contribution in [0, 0.1) is 5.92 Å². The zero-order valence-corrected chi connectivity index (χ0v) is 23.5. The minimum absolute atomic E-state index is 0.0257. The third-order valence-electron chi connectivity index (χ3n) is 7.79. The molecular formula is C27H29ClN4O8S. The number of halogens is 1. The minimum atomic E-state index is -3.12. The third kappa shape index (κ3) is 6.41. The fourth-order valence-electron chi connectivity index (χ4n) is 5.66. The number of ether oxygens (including phenoxy) is 1. The third-order valence-corrected chi connectivity index (χ3v) is 9.74. The van der Waals surface area contributed by atoms with Gasteiger partial charge in [0.2, 0.25) is 5.91 Å². The van der Waals surface area contributed by atoms with E-state index >= 15 is 0 Å². The van der Waals surface area contributed by atoms with E-state index in [2.05, 4.69) is 16.0 Å². The van der Waals surface area contributed by atoms with E-state index in [1.807, 2.05) is 0 Å². The van der Waals surface area contributed by atoms with E-state index in [4.69, 9.17) is 21.4 Å². The zero-order chi connectivity index (χ0) is 29.4. The lowest BCUT2D eigenvalue weighted by Gasteiger charge is -2.36. The van der Waals surface area contributed by atoms with Crippen molar-refractivity contribution >= 4 is 56.8 Å². The molecule has 2 aromatic carbocycles. The van der Waals surface area contributed by atoms with E-state index in [1.165, 1.54) is 24.3 Å². The number of nitrogens with one attached hydrogen (secondary N) is 3. The van der Waals surface area contributed by atoms with Gasteiger partial charge in [-0.05, 0) is 67.6 Å². The molecule has 2 atom stereocenters. The number of hydrogen-bond donors (Lipinski definition) is 4. The highest BCUT2D eigenvalue weighted by atomic mass is 35.5. The number of fused-ring (bicyclic) bond motifs is 2. The first-order valence-corrected chi connectivity index (χ1v) is 15.3. The molecule has 2 fully saturated rings. The van der Waals surface area contributed by atoms with E-state index in [0.29, 0.717) is 35.5 Å². The van der Waals surface area contributed by atoms with Gasteiger partial charge in [-0.15, -0.1) is 0 Å². The number of amides is 4. The Bertz CT molecular complexity index is 1490. The summed E-state index contributed by atoms with van der Waals surface area (Å²) in [7, 11) is -3.12. The monoisotopic (exact) mass is 604 g/mol. The first-order chi connectivity index (χ1) is 19.4. The van der Waals surface area contributed by atoms with E-state index in [1.54, 1.807) is 23.1 Å². The maximum absolute atomic E-state index is 13.9. The normalized spacial score (nSPS) is 22.3. The Hall–Kier alpha value is -3.84. The van der Waals surface area contributed by atoms with Crippen molar-refractivity contribution in [3.05, 3.63) is 58.6 Å². The van der Waals surface area contributed by atoms with Crippen molar-refractivity contribution in [3.8, 4) is 0 Å². The highest BCUT2D eigenvalue weighted by Crippen LogP contribution is 2.44. The standard InChI is InChI=1S/C27H29ClN4O8S/c28-18-3-6-21-20(14-18)27(40-26(37)31-21)9-10-32(15-27)24(34)22(13-16-7-11-41(38,39)12-8-16)30-23(33)17-1-4-19(5-2-17)29-25(35)36/h1-6,14,16,22,29H,7-13,15H2,(H,30,33)(H,31,37)(H,35,36). The second kappa shape index (κ2) is 11.2. The lowest BCUT2D eigenvalue weighted by molar-refractivity contribution is -0.133. The summed E-state index contributed by atoms with van der Waals surface area (Å²) >= 11 is 6.23. The number of sulfone groups is 1. The number of anilines is 2. The molecule has 5 rings (SSSR count). The smallest absolute Gasteiger partial charge is 0.412 e. The van der Waals surface area contributed by atoms with Crippen LogP contribution in [0.15, 0.2) is 42.5 Å². The number of carbonyl (C=O) groups is 4. The van der Waals surface area contributed by atoms with Gasteiger partial charge in [-0.1, -0.05) is 11.6 Å². The number of carbonyl (C=O) groups excluding carboxylic acids is 3. The van der Waals surface area contributed by atoms with E-state index in [-0.39, 0.29) is 54.1 Å². The first kappa shape index (κ1) is 28.7. The Morgan fingerprint density at radius 1 is 1.15 bits per heavy atom. The molecule has 0 aliphatic carbocycles. The Kier molecular flexibility index (Phi) is 7.84. The average Bonchev–Trinajstić information content (AvgIpc) is 3.33. The molecule has 218 valence electrons. The summed E-state index contributed by atoms with van der Waals surface area (Å²) in [6, 6.07) is 9.82. The zero-order valence-electron chi connectivity index (χ0n) is 21.9. The number of benzene rings is 2. The predicted molar refractivity (Wildman–Crippen MR) is 150 cm³/mol. The second-order valence-corrected chi connectivity index (χ2v) is 13.3. The summed E-state index contributed by atoms with van der Waals surface area (Å²) in [5.41, 5.74) is 0.615. The highest BCUT2D eigenvalue weighted by molar-refractivity contribution is 7.91. The molecule has 4 N–H and O–H groups in total. The number of carboxylic acid groups (broad SMARTS) is 1. The molecule has 12 nitrogen and oxygen atoms in total. The Morgan fingerprint density at radius 2 is 1.85 bits per heavy atom. The van der Waals surface area contributed by atoms with Crippen molar-refractivity contribution in [3.63, 3.8) is 0 Å². The Labute approximate surface area is 241 Å². The quantitative estimate of drug-likeness (QED) is 0.388. The fourth-order valence-corrected chi connectivity index (χ4v) is 7.42. The van der Waals surface area contributed by atoms with Crippen LogP contribution in [0.5, 0.6) is 0 Å². The molecule has 3 heterocycles. The largest absolute Gasteiger partial charge is 0.465 e. The van der Waals surface area contributed by atoms with Gasteiger partial charge in [0.05, 0.1) is 23.7 Å². The SMILES string of the molecule is O=C(O)Nc1ccc(C(=O)NC(CC2CCS(=O)(=O)CC2)C(=O)N2CCC3(C2)OC(=O)Nc2ccc(Cl)cc23)cc1. The summed E-state index contributed by atoms with van der Waals surface area (Å²) in [4.78, 5) is 51.9. The van der Waals surface area contributed by atoms with Crippen LogP contribution in [0.25, 0.3) is 0 Å². The van der Waals surface area contributed by atoms with Gasteiger partial charge in [0.1, 0.15) is 15.9 Å². The second-order valence-electron chi connectivity index (χ2n) is 10.6. The molecule has 0 saturated carbocycles. The Morgan fingerprint density at radius 3 is 2.54 bits per heavy atom. The van der Waals surface area contributed by atoms with Crippen molar-refractivity contribution in [1.29, 1.82) is 0 Å². The highest BCUT2D eigenvalue weighted by Gasteiger charge is 2.49. The van der Waals surface area contributed by atoms with Gasteiger partial charge in [-0.25, -0.2) is 18.0 Å². The summed E-state index contributed by atoms with van der Waals surface area (Å²) in [5, 5.41) is 17.0. The Balaban J connectivity index is 1.36. The first-order valence-electron chi connectivity index (χ1n) is 13.1. The van der Waals surface area contributed by atoms with Gasteiger partial charge in [-0.2, -0.15) is 0 Å². The average molecular weight is 605 g/mol. The van der Waals surface area contributed by atoms with Crippen LogP contribution in [0.1, 0.15) is 41.6 Å². The number of nitrogens with zero attached hydrogens (tertiary/aromatic N) is 1. The summed E-state index contributed by atoms with van der Waals surface area (Å²) in [6.07, 6.45) is -0.530. The van der Waals surface area contributed by atoms with Crippen LogP contribution < -0.4 is 16.0 Å². The lowest BCUT2D eigenvalue weighted by atomic mass is 9.90. The number of likely N-dealkylation sites (tertiary alicyclic amines) is 1. The van der Waals surface area contributed by atoms with Crippen LogP contribution in [0.3, 0.4) is 0 Å². The van der Waals surface area contributed by atoms with E-state index in [9.17, 15) is 27.6 Å². The maximum Gasteiger partial charge on any atom is 0.412 e. The molecule has 0 bridgehead atoms. The lowest BCUT2D eigenvalue weighted by Crippen LogP contribution is -2.50. The summed E-state index contributed by atoms with van der Waals surface area (Å²) in [6.45, 7) is 0.326. The van der Waals surface area contributed by atoms with Crippen molar-refractivity contribution < 1.29 is 37.4 Å². The number of hydrogen-bond acceptors (Lipinski definition) is 7. The van der Waals surface area contributed by atoms with Gasteiger partial charge >= 0.3 is 12.2 Å². The summed E-state index contributed by atoms with van der Waals surface area (Å²) in [5.74, 6) is -0.947. The molecular weight excluding hydrogens is 576 g/mol. The van der Waals surface area contributed by atoms with E-state index in [0.717, 1.165) is 0 Å². The van der Waals surface area contributed by atoms with Gasteiger partial charge in [0.25, 0.3) is 5.91 Å². The van der Waals surface area contributed by atoms with Crippen LogP contribution >= 0.6 is 11.6 Å². The molecule has 2 saturated heterocycles. The molecule has 1 spiro atoms. The molecule has 14 heteroatoms. The molecule has 3 aliphatic rings. The maximum atomic E-state index is 13.9. The topological polar surface area (TPSA) is 171 Å². The van der Waals surface area contributed by atoms with Gasteiger partial charge < -0.3 is 20.1 Å². The van der Waals surface area contributed by atoms with Crippen LogP contribution in [-0.4, -0.2) is 73.1 Å². The van der Waals surface area contributed by atoms with Gasteiger partial charge in [0, 0.05) is 34.8 Å². The molecule has 0 aromatic heterocycles. The van der Waals surface area contributed by atoms with Crippen LogP contribution in [0.4, 0.5) is 21.0 Å². The molecule has 3 aliphatic heterocycles. The predicted octanol–water partition coefficient (Wildman–Crippen LogP) is 3.43. The van der Waals surface area contributed by atoms with Gasteiger partial charge in [0.15, 0.2) is 5.60 Å². The van der Waals surface area contributed by atoms with Crippen molar-refractivity contribution in [2.45, 2.75) is 37.3 Å². The molecule has 0 radical (unpaired) electrons. The molecule has 41 heavy (non-hydrogen) atoms. The summed E-state index contributed by atoms with van der Waals surface area (Å²) < 4.78 is 29.7. The molecule has 4 amide bonds. The minimum Gasteiger partial charge on any atom is -0.465 e. The van der Waals surface area contributed by atoms with Crippen molar-refractivity contribution in [2.24, 2.45) is 5.92 Å². The van der Waals surface area contributed by atoms with Crippen LogP contribution in [0.2, 0.25) is 5.02 Å². The van der Waals surface area contributed by atoms with Crippen molar-refractivity contribution in [1.82, 2.24) is 10.2 Å². The van der Waals surface area contributed by atoms with Crippen molar-refractivity contribution in [2.75, 3.05) is 35.2 Å².